The summed E-state index contributed by atoms with van der Waals surface area (Å²) in [5, 5.41) is 6.96. The van der Waals surface area contributed by atoms with E-state index in [4.69, 9.17) is 11.6 Å². The standard InChI is InChI=1S/C23H16BrClN4O5S/c24-15-4-6-19(18(12-15)21-27-23(31)34-28-21)26-22(30)14-2-1-3-17(11-14)35(32,33)29-9-8-13-10-16(25)5-7-20(13)29/h1-7,10-12H,8-9H2,(H,26,30)(H,27,28,31). The van der Waals surface area contributed by atoms with E-state index in [9.17, 15) is 18.0 Å². The lowest BCUT2D eigenvalue weighted by atomic mass is 10.1. The van der Waals surface area contributed by atoms with Crippen LogP contribution in [0.1, 0.15) is 15.9 Å². The Morgan fingerprint density at radius 2 is 1.97 bits per heavy atom. The Labute approximate surface area is 212 Å². The van der Waals surface area contributed by atoms with Gasteiger partial charge in [-0.3, -0.25) is 18.6 Å². The number of H-pyrrole nitrogens is 1. The molecule has 0 unspecified atom stereocenters. The lowest BCUT2D eigenvalue weighted by molar-refractivity contribution is 0.102. The van der Waals surface area contributed by atoms with Crippen LogP contribution in [0.2, 0.25) is 5.02 Å². The number of benzene rings is 3. The Kier molecular flexibility index (Phi) is 5.99. The molecule has 0 saturated carbocycles. The highest BCUT2D eigenvalue weighted by molar-refractivity contribution is 9.10. The molecule has 2 heterocycles. The van der Waals surface area contributed by atoms with Crippen LogP contribution in [-0.2, 0) is 16.4 Å². The number of hydrogen-bond donors (Lipinski definition) is 2. The first-order chi connectivity index (χ1) is 16.7. The minimum Gasteiger partial charge on any atom is -0.321 e. The van der Waals surface area contributed by atoms with Gasteiger partial charge < -0.3 is 5.32 Å². The molecule has 1 amide bonds. The van der Waals surface area contributed by atoms with E-state index in [1.807, 2.05) is 0 Å². The molecular formula is C23H16BrClN4O5S. The third-order valence-corrected chi connectivity index (χ3v) is 8.04. The van der Waals surface area contributed by atoms with Gasteiger partial charge in [-0.1, -0.05) is 38.8 Å². The summed E-state index contributed by atoms with van der Waals surface area (Å²) < 4.78 is 33.4. The highest BCUT2D eigenvalue weighted by Crippen LogP contribution is 2.35. The van der Waals surface area contributed by atoms with Crippen LogP contribution in [-0.4, -0.2) is 31.0 Å². The minimum atomic E-state index is -3.91. The van der Waals surface area contributed by atoms with Crippen LogP contribution >= 0.6 is 27.5 Å². The quantitative estimate of drug-likeness (QED) is 0.362. The Morgan fingerprint density at radius 3 is 2.74 bits per heavy atom. The van der Waals surface area contributed by atoms with Crippen LogP contribution in [0.4, 0.5) is 11.4 Å². The number of sulfonamides is 1. The highest BCUT2D eigenvalue weighted by Gasteiger charge is 2.31. The molecule has 0 radical (unpaired) electrons. The van der Waals surface area contributed by atoms with E-state index in [0.29, 0.717) is 32.9 Å². The first-order valence-electron chi connectivity index (χ1n) is 10.3. The zero-order valence-corrected chi connectivity index (χ0v) is 20.9. The second kappa shape index (κ2) is 8.99. The molecule has 1 aromatic heterocycles. The average molecular weight is 576 g/mol. The summed E-state index contributed by atoms with van der Waals surface area (Å²) in [5.74, 6) is -1.14. The molecule has 5 rings (SSSR count). The Hall–Kier alpha value is -3.41. The monoisotopic (exact) mass is 574 g/mol. The number of amides is 1. The molecule has 0 fully saturated rings. The smallest absolute Gasteiger partial charge is 0.321 e. The van der Waals surface area contributed by atoms with Crippen LogP contribution < -0.4 is 15.4 Å². The predicted octanol–water partition coefficient (Wildman–Crippen LogP) is 4.45. The van der Waals surface area contributed by atoms with E-state index in [1.54, 1.807) is 36.4 Å². The van der Waals surface area contributed by atoms with E-state index in [2.05, 4.69) is 35.9 Å². The summed E-state index contributed by atoms with van der Waals surface area (Å²) in [6.45, 7) is 0.284. The number of halogens is 2. The number of nitrogens with one attached hydrogen (secondary N) is 2. The summed E-state index contributed by atoms with van der Waals surface area (Å²) in [6, 6.07) is 15.9. The van der Waals surface area contributed by atoms with Crippen molar-refractivity contribution in [2.24, 2.45) is 0 Å². The predicted molar refractivity (Wildman–Crippen MR) is 134 cm³/mol. The molecule has 0 spiro atoms. The van der Waals surface area contributed by atoms with Gasteiger partial charge in [0.05, 0.1) is 16.3 Å². The summed E-state index contributed by atoms with van der Waals surface area (Å²) in [6.07, 6.45) is 0.547. The Morgan fingerprint density at radius 1 is 1.14 bits per heavy atom. The van der Waals surface area contributed by atoms with E-state index < -0.39 is 21.7 Å². The molecule has 1 aliphatic heterocycles. The fraction of sp³-hybridized carbons (Fsp3) is 0.0870. The number of anilines is 2. The third kappa shape index (κ3) is 4.49. The summed E-state index contributed by atoms with van der Waals surface area (Å²) in [7, 11) is -3.91. The van der Waals surface area contributed by atoms with E-state index in [1.165, 1.54) is 28.6 Å². The van der Waals surface area contributed by atoms with Crippen molar-refractivity contribution >= 4 is 54.8 Å². The van der Waals surface area contributed by atoms with Gasteiger partial charge in [-0.05, 0) is 66.6 Å². The minimum absolute atomic E-state index is 0.00943. The van der Waals surface area contributed by atoms with Crippen molar-refractivity contribution in [3.8, 4) is 11.4 Å². The van der Waals surface area contributed by atoms with Gasteiger partial charge in [0.15, 0.2) is 5.82 Å². The zero-order chi connectivity index (χ0) is 24.7. The van der Waals surface area contributed by atoms with Crippen LogP contribution in [0, 0.1) is 0 Å². The molecular weight excluding hydrogens is 560 g/mol. The largest absolute Gasteiger partial charge is 0.439 e. The molecule has 0 aliphatic carbocycles. The number of hydrogen-bond acceptors (Lipinski definition) is 6. The molecule has 35 heavy (non-hydrogen) atoms. The zero-order valence-electron chi connectivity index (χ0n) is 17.8. The number of aromatic nitrogens is 2. The molecule has 3 aromatic carbocycles. The third-order valence-electron chi connectivity index (χ3n) is 5.50. The van der Waals surface area contributed by atoms with Gasteiger partial charge in [0.25, 0.3) is 15.9 Å². The van der Waals surface area contributed by atoms with Gasteiger partial charge >= 0.3 is 5.76 Å². The topological polar surface area (TPSA) is 125 Å². The molecule has 2 N–H and O–H groups in total. The van der Waals surface area contributed by atoms with Crippen molar-refractivity contribution in [1.29, 1.82) is 0 Å². The second-order valence-corrected chi connectivity index (χ2v) is 10.9. The molecule has 0 saturated heterocycles. The maximum Gasteiger partial charge on any atom is 0.439 e. The molecule has 178 valence electrons. The maximum absolute atomic E-state index is 13.4. The number of nitrogens with zero attached hydrogens (tertiary/aromatic N) is 2. The van der Waals surface area contributed by atoms with Gasteiger partial charge in [-0.2, -0.15) is 0 Å². The molecule has 0 atom stereocenters. The second-order valence-electron chi connectivity index (χ2n) is 7.72. The fourth-order valence-corrected chi connectivity index (χ4v) is 5.98. The molecule has 4 aromatic rings. The SMILES string of the molecule is O=C(Nc1ccc(Br)cc1-c1noc(=O)[nH]1)c1cccc(S(=O)(=O)N2CCc3cc(Cl)ccc32)c1. The van der Waals surface area contributed by atoms with E-state index >= 15 is 0 Å². The van der Waals surface area contributed by atoms with E-state index in [0.717, 1.165) is 5.56 Å². The maximum atomic E-state index is 13.4. The van der Waals surface area contributed by atoms with Gasteiger partial charge in [0, 0.05) is 27.2 Å². The number of aromatic amines is 1. The number of rotatable bonds is 5. The summed E-state index contributed by atoms with van der Waals surface area (Å²) in [5.41, 5.74) is 2.33. The van der Waals surface area contributed by atoms with Gasteiger partial charge in [0.1, 0.15) is 0 Å². The lowest BCUT2D eigenvalue weighted by Gasteiger charge is -2.20. The number of carbonyl (C=O) groups is 1. The first kappa shape index (κ1) is 23.3. The molecule has 9 nitrogen and oxygen atoms in total. The van der Waals surface area contributed by atoms with Crippen LogP contribution in [0.3, 0.4) is 0 Å². The molecule has 12 heteroatoms. The average Bonchev–Trinajstić information content (AvgIpc) is 3.46. The number of carbonyl (C=O) groups excluding carboxylic acids is 1. The van der Waals surface area contributed by atoms with Crippen molar-refractivity contribution in [1.82, 2.24) is 10.1 Å². The highest BCUT2D eigenvalue weighted by atomic mass is 79.9. The van der Waals surface area contributed by atoms with Crippen molar-refractivity contribution in [3.05, 3.63) is 91.8 Å². The van der Waals surface area contributed by atoms with Gasteiger partial charge in [0.2, 0.25) is 0 Å². The van der Waals surface area contributed by atoms with Crippen molar-refractivity contribution in [3.63, 3.8) is 0 Å². The Bertz CT molecular complexity index is 1630. The summed E-state index contributed by atoms with van der Waals surface area (Å²) in [4.78, 5) is 26.9. The molecule has 0 bridgehead atoms. The van der Waals surface area contributed by atoms with Crippen molar-refractivity contribution < 1.29 is 17.7 Å². The van der Waals surface area contributed by atoms with Gasteiger partial charge in [-0.15, -0.1) is 0 Å². The molecule has 1 aliphatic rings. The number of fused-ring (bicyclic) bond motifs is 1. The van der Waals surface area contributed by atoms with E-state index in [-0.39, 0.29) is 22.8 Å². The first-order valence-corrected chi connectivity index (χ1v) is 12.9. The fourth-order valence-electron chi connectivity index (χ4n) is 3.88. The van der Waals surface area contributed by atoms with Crippen LogP contribution in [0.5, 0.6) is 0 Å². The lowest BCUT2D eigenvalue weighted by Crippen LogP contribution is -2.29. The normalized spacial score (nSPS) is 13.0. The van der Waals surface area contributed by atoms with Gasteiger partial charge in [-0.25, -0.2) is 13.2 Å². The van der Waals surface area contributed by atoms with Crippen LogP contribution in [0.25, 0.3) is 11.4 Å². The van der Waals surface area contributed by atoms with Crippen LogP contribution in [0.15, 0.2) is 79.3 Å². The Balaban J connectivity index is 1.45. The van der Waals surface area contributed by atoms with Crippen molar-refractivity contribution in [2.75, 3.05) is 16.2 Å². The van der Waals surface area contributed by atoms with Crippen molar-refractivity contribution in [2.45, 2.75) is 11.3 Å². The summed E-state index contributed by atoms with van der Waals surface area (Å²) >= 11 is 9.39.